The third-order valence-electron chi connectivity index (χ3n) is 1.88. The highest BCUT2D eigenvalue weighted by Crippen LogP contribution is 2.29. The van der Waals surface area contributed by atoms with Crippen LogP contribution in [0.15, 0.2) is 36.4 Å². The van der Waals surface area contributed by atoms with Gasteiger partial charge >= 0.3 is 0 Å². The molecular formula is C10H8O2. The molecule has 0 aliphatic rings. The standard InChI is InChI=1S/C10H8O2/c11-9-5-1-3-7-8(9)4-2-6-10(7)12/h1-6,11-12H/i1+1,3+1,5+1,7+1,8+1,9+1. The minimum Gasteiger partial charge on any atom is -0.507 e. The number of hydrogen-bond acceptors (Lipinski definition) is 2. The van der Waals surface area contributed by atoms with Crippen LogP contribution in [0.3, 0.4) is 0 Å². The molecule has 0 fully saturated rings. The Morgan fingerprint density at radius 1 is 0.667 bits per heavy atom. The highest BCUT2D eigenvalue weighted by molar-refractivity contribution is 5.92. The topological polar surface area (TPSA) is 40.5 Å². The first-order valence-corrected chi connectivity index (χ1v) is 3.69. The summed E-state index contributed by atoms with van der Waals surface area (Å²) in [5.74, 6) is 0.395. The lowest BCUT2D eigenvalue weighted by molar-refractivity contribution is 0.475. The van der Waals surface area contributed by atoms with Gasteiger partial charge in [0.1, 0.15) is 11.5 Å². The first-order valence-electron chi connectivity index (χ1n) is 3.69. The fourth-order valence-electron chi connectivity index (χ4n) is 1.28. The van der Waals surface area contributed by atoms with Gasteiger partial charge in [-0.3, -0.25) is 0 Å². The molecule has 2 N–H and O–H groups in total. The minimum atomic E-state index is 0.198. The summed E-state index contributed by atoms with van der Waals surface area (Å²) in [7, 11) is 0. The molecule has 0 saturated carbocycles. The highest BCUT2D eigenvalue weighted by atomic mass is 16.3. The third kappa shape index (κ3) is 0.889. The highest BCUT2D eigenvalue weighted by Gasteiger charge is 2.00. The molecule has 0 heterocycles. The van der Waals surface area contributed by atoms with E-state index in [0.717, 1.165) is 0 Å². The number of phenolic OH excluding ortho intramolecular Hbond substituents is 2. The van der Waals surface area contributed by atoms with Crippen LogP contribution in [0.5, 0.6) is 11.5 Å². The summed E-state index contributed by atoms with van der Waals surface area (Å²) in [4.78, 5) is 0. The van der Waals surface area contributed by atoms with E-state index in [0.29, 0.717) is 10.8 Å². The summed E-state index contributed by atoms with van der Waals surface area (Å²) in [5.41, 5.74) is 0. The van der Waals surface area contributed by atoms with Crippen molar-refractivity contribution in [3.8, 4) is 11.5 Å². The molecule has 0 bridgehead atoms. The van der Waals surface area contributed by atoms with Crippen molar-refractivity contribution in [3.05, 3.63) is 36.4 Å². The molecule has 0 amide bonds. The van der Waals surface area contributed by atoms with Crippen LogP contribution in [0.1, 0.15) is 0 Å². The van der Waals surface area contributed by atoms with Crippen molar-refractivity contribution in [3.63, 3.8) is 0 Å². The molecule has 2 aromatic carbocycles. The second-order valence-electron chi connectivity index (χ2n) is 2.65. The predicted molar refractivity (Wildman–Crippen MR) is 47.3 cm³/mol. The molecule has 2 aromatic rings. The zero-order valence-corrected chi connectivity index (χ0v) is 6.36. The number of rotatable bonds is 0. The van der Waals surface area contributed by atoms with E-state index in [9.17, 15) is 10.2 Å². The van der Waals surface area contributed by atoms with Crippen LogP contribution in [-0.4, -0.2) is 10.2 Å². The zero-order chi connectivity index (χ0) is 8.55. The van der Waals surface area contributed by atoms with E-state index in [1.54, 1.807) is 36.4 Å². The summed E-state index contributed by atoms with van der Waals surface area (Å²) in [6, 6.07) is 10.1. The van der Waals surface area contributed by atoms with Gasteiger partial charge in [0.05, 0.1) is 0 Å². The number of hydrogen-bond donors (Lipinski definition) is 2. The minimum absolute atomic E-state index is 0.198. The van der Waals surface area contributed by atoms with E-state index in [-0.39, 0.29) is 11.5 Å². The van der Waals surface area contributed by atoms with Gasteiger partial charge in [-0.1, -0.05) is 24.3 Å². The summed E-state index contributed by atoms with van der Waals surface area (Å²) < 4.78 is 0. The quantitative estimate of drug-likeness (QED) is 0.630. The third-order valence-corrected chi connectivity index (χ3v) is 1.88. The normalized spacial score (nSPS) is 10.3. The lowest BCUT2D eigenvalue weighted by Crippen LogP contribution is -1.73. The maximum absolute atomic E-state index is 9.38. The van der Waals surface area contributed by atoms with Crippen LogP contribution in [0.4, 0.5) is 0 Å². The van der Waals surface area contributed by atoms with Crippen LogP contribution in [0.2, 0.25) is 0 Å². The second-order valence-corrected chi connectivity index (χ2v) is 2.65. The number of aromatic hydroxyl groups is 2. The maximum atomic E-state index is 9.38. The molecule has 2 rings (SSSR count). The summed E-state index contributed by atoms with van der Waals surface area (Å²) >= 11 is 0. The Morgan fingerprint density at radius 2 is 1.08 bits per heavy atom. The largest absolute Gasteiger partial charge is 0.507 e. The van der Waals surface area contributed by atoms with E-state index in [2.05, 4.69) is 0 Å². The van der Waals surface area contributed by atoms with Crippen molar-refractivity contribution in [1.82, 2.24) is 0 Å². The van der Waals surface area contributed by atoms with Gasteiger partial charge in [-0.15, -0.1) is 0 Å². The van der Waals surface area contributed by atoms with Gasteiger partial charge in [0, 0.05) is 10.8 Å². The molecule has 0 aliphatic carbocycles. The van der Waals surface area contributed by atoms with Crippen molar-refractivity contribution in [2.24, 2.45) is 0 Å². The summed E-state index contributed by atoms with van der Waals surface area (Å²) in [6.07, 6.45) is 0. The molecule has 0 saturated heterocycles. The molecule has 0 aliphatic heterocycles. The predicted octanol–water partition coefficient (Wildman–Crippen LogP) is 2.25. The van der Waals surface area contributed by atoms with Crippen molar-refractivity contribution < 1.29 is 10.2 Å². The number of fused-ring (bicyclic) bond motifs is 1. The Balaban J connectivity index is 2.94. The molecule has 0 atom stereocenters. The van der Waals surface area contributed by atoms with Crippen LogP contribution < -0.4 is 0 Å². The lowest BCUT2D eigenvalue weighted by Gasteiger charge is -2.01. The van der Waals surface area contributed by atoms with E-state index >= 15 is 0 Å². The zero-order valence-electron chi connectivity index (χ0n) is 6.36. The SMILES string of the molecule is Oc1ccc[13c]2[13c](O)[13cH][13cH][13cH][13c]12. The average molecular weight is 166 g/mol. The van der Waals surface area contributed by atoms with Gasteiger partial charge in [-0.25, -0.2) is 0 Å². The first-order chi connectivity index (χ1) is 5.79. The monoisotopic (exact) mass is 166 g/mol. The fraction of sp³-hybridized carbons (Fsp3) is 0. The van der Waals surface area contributed by atoms with E-state index in [4.69, 9.17) is 0 Å². The molecule has 60 valence electrons. The first kappa shape index (κ1) is 6.98. The van der Waals surface area contributed by atoms with Crippen LogP contribution in [0.25, 0.3) is 10.8 Å². The lowest BCUT2D eigenvalue weighted by atomic mass is 10.5. The van der Waals surface area contributed by atoms with E-state index in [1.807, 2.05) is 0 Å². The van der Waals surface area contributed by atoms with Gasteiger partial charge in [-0.05, 0) is 12.1 Å². The molecule has 2 nitrogen and oxygen atoms in total. The van der Waals surface area contributed by atoms with Gasteiger partial charge in [-0.2, -0.15) is 0 Å². The molecule has 0 spiro atoms. The molecule has 0 aromatic heterocycles. The van der Waals surface area contributed by atoms with Gasteiger partial charge < -0.3 is 10.2 Å². The average Bonchev–Trinajstić information content (AvgIpc) is 2.07. The Morgan fingerprint density at radius 3 is 1.50 bits per heavy atom. The Labute approximate surface area is 69.7 Å². The molecule has 2 heteroatoms. The Kier molecular flexibility index (Phi) is 1.40. The summed E-state index contributed by atoms with van der Waals surface area (Å²) in [6.45, 7) is 0. The number of phenols is 2. The fourth-order valence-corrected chi connectivity index (χ4v) is 1.28. The van der Waals surface area contributed by atoms with Gasteiger partial charge in [0.2, 0.25) is 0 Å². The Bertz CT molecular complexity index is 380. The maximum Gasteiger partial charge on any atom is 0.123 e. The smallest absolute Gasteiger partial charge is 0.123 e. The molecular weight excluding hydrogens is 158 g/mol. The van der Waals surface area contributed by atoms with Crippen molar-refractivity contribution >= 4 is 10.8 Å². The molecule has 12 heavy (non-hydrogen) atoms. The molecule has 0 unspecified atom stereocenters. The van der Waals surface area contributed by atoms with E-state index < -0.39 is 0 Å². The van der Waals surface area contributed by atoms with Gasteiger partial charge in [0.15, 0.2) is 0 Å². The van der Waals surface area contributed by atoms with Crippen molar-refractivity contribution in [2.45, 2.75) is 0 Å². The molecule has 0 radical (unpaired) electrons. The second kappa shape index (κ2) is 2.41. The summed E-state index contributed by atoms with van der Waals surface area (Å²) in [5, 5.41) is 20.1. The van der Waals surface area contributed by atoms with Gasteiger partial charge in [0.25, 0.3) is 0 Å². The van der Waals surface area contributed by atoms with E-state index in [1.165, 1.54) is 0 Å². The van der Waals surface area contributed by atoms with Crippen LogP contribution >= 0.6 is 0 Å². The van der Waals surface area contributed by atoms with Crippen molar-refractivity contribution in [1.29, 1.82) is 0 Å². The number of benzene rings is 2. The van der Waals surface area contributed by atoms with Crippen LogP contribution in [0, 0.1) is 0 Å². The van der Waals surface area contributed by atoms with Crippen LogP contribution in [-0.2, 0) is 0 Å². The Hall–Kier alpha value is -1.70. The van der Waals surface area contributed by atoms with Crippen molar-refractivity contribution in [2.75, 3.05) is 0 Å².